The van der Waals surface area contributed by atoms with Crippen LogP contribution in [-0.4, -0.2) is 24.0 Å². The van der Waals surface area contributed by atoms with Crippen molar-refractivity contribution in [3.63, 3.8) is 0 Å². The predicted molar refractivity (Wildman–Crippen MR) is 115 cm³/mol. The number of hydrogen-bond acceptors (Lipinski definition) is 8. The molecule has 0 saturated heterocycles. The van der Waals surface area contributed by atoms with Gasteiger partial charge in [0.15, 0.2) is 0 Å². The summed E-state index contributed by atoms with van der Waals surface area (Å²) in [5.41, 5.74) is 1.43. The van der Waals surface area contributed by atoms with Gasteiger partial charge in [0.05, 0.1) is 23.2 Å². The summed E-state index contributed by atoms with van der Waals surface area (Å²) in [6.45, 7) is 5.73. The lowest BCUT2D eigenvalue weighted by atomic mass is 9.95. The quantitative estimate of drug-likeness (QED) is 0.241. The first-order valence-electron chi connectivity index (χ1n) is 9.73. The number of aryl methyl sites for hydroxylation is 1. The van der Waals surface area contributed by atoms with Crippen LogP contribution >= 0.6 is 0 Å². The molecule has 3 rings (SSSR count). The van der Waals surface area contributed by atoms with Crippen LogP contribution in [0.15, 0.2) is 45.6 Å². The minimum absolute atomic E-state index is 0.156. The van der Waals surface area contributed by atoms with E-state index < -0.39 is 28.2 Å². The Balaban J connectivity index is 1.96. The number of esters is 2. The molecular formula is C23H21NO8. The Kier molecular flexibility index (Phi) is 6.38. The summed E-state index contributed by atoms with van der Waals surface area (Å²) >= 11 is 0. The first-order chi connectivity index (χ1) is 15.1. The summed E-state index contributed by atoms with van der Waals surface area (Å²) in [7, 11) is 1.12. The highest BCUT2D eigenvalue weighted by molar-refractivity contribution is 5.96. The zero-order valence-corrected chi connectivity index (χ0v) is 18.0. The van der Waals surface area contributed by atoms with E-state index in [1.54, 1.807) is 6.07 Å². The number of nitro benzene ring substituents is 1. The Bertz CT molecular complexity index is 1290. The Morgan fingerprint density at radius 2 is 1.72 bits per heavy atom. The molecule has 0 unspecified atom stereocenters. The molecular weight excluding hydrogens is 418 g/mol. The van der Waals surface area contributed by atoms with E-state index in [0.29, 0.717) is 16.5 Å². The van der Waals surface area contributed by atoms with Gasteiger partial charge in [-0.1, -0.05) is 13.8 Å². The number of nitro groups is 1. The van der Waals surface area contributed by atoms with Crippen molar-refractivity contribution in [1.29, 1.82) is 0 Å². The molecule has 166 valence electrons. The summed E-state index contributed by atoms with van der Waals surface area (Å²) in [6.07, 6.45) is 0. The average Bonchev–Trinajstić information content (AvgIpc) is 2.75. The number of hydrogen-bond donors (Lipinski definition) is 0. The van der Waals surface area contributed by atoms with Gasteiger partial charge in [-0.3, -0.25) is 10.1 Å². The summed E-state index contributed by atoms with van der Waals surface area (Å²) < 4.78 is 15.2. The van der Waals surface area contributed by atoms with E-state index in [9.17, 15) is 24.5 Å². The number of carbonyl (C=O) groups is 2. The Hall–Kier alpha value is -4.01. The standard InChI is InChI=1S/C23H21NO8/c1-12(2)18-10-19-16(9-21(25)32-20(19)5-13(18)3)11-31-23(27)15-6-14(22(26)30-4)7-17(8-15)24(28)29/h5-10,12H,11H2,1-4H3. The first-order valence-corrected chi connectivity index (χ1v) is 9.73. The van der Waals surface area contributed by atoms with Crippen molar-refractivity contribution in [3.8, 4) is 0 Å². The fourth-order valence-electron chi connectivity index (χ4n) is 3.43. The smallest absolute Gasteiger partial charge is 0.338 e. The van der Waals surface area contributed by atoms with Crippen LogP contribution in [0.2, 0.25) is 0 Å². The van der Waals surface area contributed by atoms with E-state index in [4.69, 9.17) is 9.15 Å². The number of carbonyl (C=O) groups excluding carboxylic acids is 2. The summed E-state index contributed by atoms with van der Waals surface area (Å²) in [4.78, 5) is 46.8. The van der Waals surface area contributed by atoms with Crippen molar-refractivity contribution in [2.45, 2.75) is 33.3 Å². The zero-order chi connectivity index (χ0) is 23.6. The van der Waals surface area contributed by atoms with Crippen molar-refractivity contribution < 1.29 is 28.4 Å². The molecule has 32 heavy (non-hydrogen) atoms. The lowest BCUT2D eigenvalue weighted by Gasteiger charge is -2.13. The molecule has 9 heteroatoms. The van der Waals surface area contributed by atoms with Crippen LogP contribution in [0.5, 0.6) is 0 Å². The molecule has 0 radical (unpaired) electrons. The maximum Gasteiger partial charge on any atom is 0.338 e. The third kappa shape index (κ3) is 4.66. The molecule has 2 aromatic carbocycles. The number of rotatable bonds is 6. The average molecular weight is 439 g/mol. The van der Waals surface area contributed by atoms with E-state index in [1.807, 2.05) is 26.8 Å². The topological polar surface area (TPSA) is 126 Å². The third-order valence-corrected chi connectivity index (χ3v) is 4.98. The Morgan fingerprint density at radius 3 is 2.31 bits per heavy atom. The number of non-ortho nitro benzene ring substituents is 1. The molecule has 0 amide bonds. The first kappa shape index (κ1) is 22.7. The summed E-state index contributed by atoms with van der Waals surface area (Å²) in [5.74, 6) is -1.49. The van der Waals surface area contributed by atoms with Crippen LogP contribution in [-0.2, 0) is 16.1 Å². The lowest BCUT2D eigenvalue weighted by Crippen LogP contribution is -2.11. The molecule has 0 fully saturated rings. The summed E-state index contributed by atoms with van der Waals surface area (Å²) in [6, 6.07) is 8.06. The zero-order valence-electron chi connectivity index (χ0n) is 18.0. The normalized spacial score (nSPS) is 10.9. The Morgan fingerprint density at radius 1 is 1.06 bits per heavy atom. The lowest BCUT2D eigenvalue weighted by molar-refractivity contribution is -0.384. The molecule has 3 aromatic rings. The molecule has 0 aliphatic heterocycles. The monoisotopic (exact) mass is 439 g/mol. The molecule has 1 aromatic heterocycles. The second-order valence-corrected chi connectivity index (χ2v) is 7.54. The highest BCUT2D eigenvalue weighted by atomic mass is 16.6. The van der Waals surface area contributed by atoms with E-state index in [2.05, 4.69) is 4.74 Å². The van der Waals surface area contributed by atoms with Gasteiger partial charge in [0.25, 0.3) is 5.69 Å². The van der Waals surface area contributed by atoms with Gasteiger partial charge >= 0.3 is 17.6 Å². The van der Waals surface area contributed by atoms with Gasteiger partial charge in [0, 0.05) is 29.1 Å². The third-order valence-electron chi connectivity index (χ3n) is 4.98. The number of methoxy groups -OCH3 is 1. The van der Waals surface area contributed by atoms with Crippen LogP contribution in [0.25, 0.3) is 11.0 Å². The number of benzene rings is 2. The highest BCUT2D eigenvalue weighted by Crippen LogP contribution is 2.27. The SMILES string of the molecule is COC(=O)c1cc(C(=O)OCc2cc(=O)oc3cc(C)c(C(C)C)cc23)cc([N+](=O)[O-])c1. The molecule has 0 N–H and O–H groups in total. The van der Waals surface area contributed by atoms with E-state index in [0.717, 1.165) is 36.4 Å². The van der Waals surface area contributed by atoms with Crippen molar-refractivity contribution >= 4 is 28.6 Å². The molecule has 0 saturated carbocycles. The molecule has 0 aliphatic carbocycles. The maximum absolute atomic E-state index is 12.6. The highest BCUT2D eigenvalue weighted by Gasteiger charge is 2.20. The van der Waals surface area contributed by atoms with Gasteiger partial charge in [-0.2, -0.15) is 0 Å². The van der Waals surface area contributed by atoms with Crippen molar-refractivity contribution in [2.24, 2.45) is 0 Å². The second-order valence-electron chi connectivity index (χ2n) is 7.54. The fourth-order valence-corrected chi connectivity index (χ4v) is 3.43. The van der Waals surface area contributed by atoms with Gasteiger partial charge in [-0.15, -0.1) is 0 Å². The minimum Gasteiger partial charge on any atom is -0.465 e. The molecule has 0 aliphatic rings. The molecule has 0 atom stereocenters. The van der Waals surface area contributed by atoms with Crippen LogP contribution < -0.4 is 5.63 Å². The van der Waals surface area contributed by atoms with E-state index in [1.165, 1.54) is 6.07 Å². The van der Waals surface area contributed by atoms with Gasteiger partial charge in [-0.05, 0) is 42.2 Å². The number of nitrogens with zero attached hydrogens (tertiary/aromatic N) is 1. The fraction of sp³-hybridized carbons (Fsp3) is 0.261. The number of fused-ring (bicyclic) bond motifs is 1. The Labute approximate surface area is 182 Å². The van der Waals surface area contributed by atoms with Crippen molar-refractivity contribution in [3.05, 3.63) is 84.7 Å². The molecule has 0 spiro atoms. The largest absolute Gasteiger partial charge is 0.465 e. The van der Waals surface area contributed by atoms with Gasteiger partial charge in [0.2, 0.25) is 0 Å². The van der Waals surface area contributed by atoms with Gasteiger partial charge in [0.1, 0.15) is 12.2 Å². The van der Waals surface area contributed by atoms with Crippen LogP contribution in [0.4, 0.5) is 5.69 Å². The minimum atomic E-state index is -0.892. The van der Waals surface area contributed by atoms with Gasteiger partial charge in [-0.25, -0.2) is 14.4 Å². The molecule has 0 bridgehead atoms. The van der Waals surface area contributed by atoms with Crippen molar-refractivity contribution in [2.75, 3.05) is 7.11 Å². The summed E-state index contributed by atoms with van der Waals surface area (Å²) in [5, 5.41) is 11.8. The maximum atomic E-state index is 12.6. The van der Waals surface area contributed by atoms with E-state index >= 15 is 0 Å². The predicted octanol–water partition coefficient (Wildman–Crippen LogP) is 4.28. The van der Waals surface area contributed by atoms with Crippen LogP contribution in [0, 0.1) is 17.0 Å². The molecule has 9 nitrogen and oxygen atoms in total. The van der Waals surface area contributed by atoms with Crippen LogP contribution in [0.3, 0.4) is 0 Å². The van der Waals surface area contributed by atoms with E-state index in [-0.39, 0.29) is 23.7 Å². The van der Waals surface area contributed by atoms with Crippen molar-refractivity contribution in [1.82, 2.24) is 0 Å². The molecule has 1 heterocycles. The number of ether oxygens (including phenoxy) is 2. The van der Waals surface area contributed by atoms with Gasteiger partial charge < -0.3 is 13.9 Å². The second kappa shape index (κ2) is 9.01. The van der Waals surface area contributed by atoms with Crippen LogP contribution in [0.1, 0.15) is 57.2 Å².